The number of nitrogens with zero attached hydrogens (tertiary/aromatic N) is 4. The van der Waals surface area contributed by atoms with Crippen LogP contribution in [-0.2, 0) is 9.59 Å². The monoisotopic (exact) mass is 436 g/mol. The summed E-state index contributed by atoms with van der Waals surface area (Å²) in [5.74, 6) is -1.38. The number of aryl methyl sites for hydroxylation is 2. The van der Waals surface area contributed by atoms with Gasteiger partial charge in [-0.25, -0.2) is 4.68 Å². The molecule has 1 aliphatic heterocycles. The molecule has 2 aromatic heterocycles. The fourth-order valence-corrected chi connectivity index (χ4v) is 3.87. The Bertz CT molecular complexity index is 1230. The zero-order valence-electron chi connectivity index (χ0n) is 17.4. The second-order valence-electron chi connectivity index (χ2n) is 7.43. The second-order valence-corrected chi connectivity index (χ2v) is 7.86. The molecule has 0 fully saturated rings. The van der Waals surface area contributed by atoms with Crippen LogP contribution in [0.25, 0.3) is 17.0 Å². The van der Waals surface area contributed by atoms with E-state index in [0.717, 1.165) is 5.56 Å². The van der Waals surface area contributed by atoms with Gasteiger partial charge >= 0.3 is 5.91 Å². The number of halogens is 1. The summed E-state index contributed by atoms with van der Waals surface area (Å²) in [4.78, 5) is 27.7. The molecule has 0 bridgehead atoms. The third-order valence-corrected chi connectivity index (χ3v) is 5.40. The van der Waals surface area contributed by atoms with Gasteiger partial charge in [-0.3, -0.25) is 14.5 Å². The summed E-state index contributed by atoms with van der Waals surface area (Å²) in [6.45, 7) is 5.74. The van der Waals surface area contributed by atoms with Gasteiger partial charge < -0.3 is 5.11 Å². The van der Waals surface area contributed by atoms with Crippen molar-refractivity contribution in [2.24, 2.45) is 0 Å². The summed E-state index contributed by atoms with van der Waals surface area (Å²) >= 11 is 6.07. The van der Waals surface area contributed by atoms with E-state index in [9.17, 15) is 14.7 Å². The van der Waals surface area contributed by atoms with E-state index in [1.54, 1.807) is 48.1 Å². The molecule has 1 aromatic carbocycles. The van der Waals surface area contributed by atoms with Gasteiger partial charge in [-0.1, -0.05) is 24.6 Å². The van der Waals surface area contributed by atoms with E-state index < -0.39 is 17.7 Å². The van der Waals surface area contributed by atoms with Crippen molar-refractivity contribution < 1.29 is 19.3 Å². The average Bonchev–Trinajstić information content (AvgIpc) is 3.16. The first-order valence-corrected chi connectivity index (χ1v) is 10.3. The van der Waals surface area contributed by atoms with Crippen LogP contribution in [-0.4, -0.2) is 33.0 Å². The topological polar surface area (TPSA) is 82.1 Å². The van der Waals surface area contributed by atoms with Crippen molar-refractivity contribution >= 4 is 34.7 Å². The lowest BCUT2D eigenvalue weighted by molar-refractivity contribution is -0.577. The number of pyridine rings is 1. The maximum Gasteiger partial charge on any atom is 0.326 e. The van der Waals surface area contributed by atoms with Gasteiger partial charge in [-0.2, -0.15) is 9.67 Å². The van der Waals surface area contributed by atoms with Crippen molar-refractivity contribution in [2.45, 2.75) is 27.2 Å². The van der Waals surface area contributed by atoms with Crippen LogP contribution in [0.4, 0.5) is 0 Å². The Morgan fingerprint density at radius 3 is 2.45 bits per heavy atom. The molecule has 0 saturated heterocycles. The van der Waals surface area contributed by atoms with Crippen LogP contribution in [0.5, 0.6) is 5.88 Å². The molecule has 31 heavy (non-hydrogen) atoms. The first-order valence-electron chi connectivity index (χ1n) is 9.95. The third-order valence-electron chi connectivity index (χ3n) is 5.17. The van der Waals surface area contributed by atoms with E-state index >= 15 is 0 Å². The maximum absolute atomic E-state index is 13.4. The van der Waals surface area contributed by atoms with Crippen molar-refractivity contribution in [1.82, 2.24) is 14.7 Å². The van der Waals surface area contributed by atoms with Crippen LogP contribution in [0.3, 0.4) is 0 Å². The fourth-order valence-electron chi connectivity index (χ4n) is 3.68. The number of benzene rings is 1. The summed E-state index contributed by atoms with van der Waals surface area (Å²) in [6.07, 6.45) is 4.04. The summed E-state index contributed by atoms with van der Waals surface area (Å²) in [6, 6.07) is 10.4. The van der Waals surface area contributed by atoms with Crippen molar-refractivity contribution in [1.29, 1.82) is 0 Å². The van der Waals surface area contributed by atoms with Gasteiger partial charge in [0.25, 0.3) is 11.6 Å². The van der Waals surface area contributed by atoms with Crippen molar-refractivity contribution in [2.75, 3.05) is 6.54 Å². The Morgan fingerprint density at radius 1 is 1.10 bits per heavy atom. The molecule has 2 amide bonds. The van der Waals surface area contributed by atoms with Gasteiger partial charge in [-0.15, -0.1) is 0 Å². The highest BCUT2D eigenvalue weighted by atomic mass is 35.5. The molecule has 3 aromatic rings. The second kappa shape index (κ2) is 8.00. The van der Waals surface area contributed by atoms with E-state index in [2.05, 4.69) is 5.10 Å². The van der Waals surface area contributed by atoms with Crippen molar-refractivity contribution in [3.8, 4) is 11.6 Å². The quantitative estimate of drug-likeness (QED) is 0.454. The highest BCUT2D eigenvalue weighted by Crippen LogP contribution is 2.36. The normalized spacial score (nSPS) is 14.1. The molecule has 4 rings (SSSR count). The lowest BCUT2D eigenvalue weighted by Gasteiger charge is -2.14. The first kappa shape index (κ1) is 20.8. The Morgan fingerprint density at radius 2 is 1.81 bits per heavy atom. The van der Waals surface area contributed by atoms with Crippen molar-refractivity contribution in [3.63, 3.8) is 0 Å². The van der Waals surface area contributed by atoms with Crippen LogP contribution in [0.2, 0.25) is 5.02 Å². The molecule has 0 unspecified atom stereocenters. The minimum absolute atomic E-state index is 0.0723. The number of hydrogen-bond donors (Lipinski definition) is 0. The van der Waals surface area contributed by atoms with Gasteiger partial charge in [0.2, 0.25) is 0 Å². The lowest BCUT2D eigenvalue weighted by atomic mass is 10.0. The maximum atomic E-state index is 13.4. The van der Waals surface area contributed by atoms with Gasteiger partial charge in [-0.05, 0) is 49.9 Å². The van der Waals surface area contributed by atoms with Gasteiger partial charge in [0.05, 0.1) is 11.4 Å². The molecule has 0 spiro atoms. The largest absolute Gasteiger partial charge is 0.858 e. The number of rotatable bonds is 5. The Balaban J connectivity index is 1.95. The van der Waals surface area contributed by atoms with Gasteiger partial charge in [0.15, 0.2) is 12.4 Å². The molecular formula is C23H21ClN4O3. The van der Waals surface area contributed by atoms with Gasteiger partial charge in [0.1, 0.15) is 5.57 Å². The molecule has 0 radical (unpaired) electrons. The van der Waals surface area contributed by atoms with E-state index in [1.165, 1.54) is 9.58 Å². The smallest absolute Gasteiger partial charge is 0.326 e. The minimum atomic E-state index is -0.485. The van der Waals surface area contributed by atoms with Crippen LogP contribution in [0.1, 0.15) is 30.2 Å². The molecule has 158 valence electrons. The lowest BCUT2D eigenvalue weighted by Crippen LogP contribution is -2.39. The number of imide groups is 1. The van der Waals surface area contributed by atoms with E-state index in [1.807, 2.05) is 26.0 Å². The SMILES string of the molecule is CCCN1C(=O)C(c2c(C)nn(-c3cccc(Cl)c3)c2[O-])=C([n+]2ccc(C)cc2)C1=O. The minimum Gasteiger partial charge on any atom is -0.858 e. The highest BCUT2D eigenvalue weighted by Gasteiger charge is 2.46. The summed E-state index contributed by atoms with van der Waals surface area (Å²) in [7, 11) is 0. The van der Waals surface area contributed by atoms with Gasteiger partial charge in [0, 0.05) is 29.3 Å². The molecule has 0 saturated carbocycles. The zero-order valence-corrected chi connectivity index (χ0v) is 18.2. The number of aromatic nitrogens is 3. The van der Waals surface area contributed by atoms with E-state index in [-0.39, 0.29) is 23.4 Å². The molecular weight excluding hydrogens is 416 g/mol. The Labute approximate surface area is 184 Å². The number of carbonyl (C=O) groups excluding carboxylic acids is 2. The van der Waals surface area contributed by atoms with Crippen molar-refractivity contribution in [3.05, 3.63) is 70.6 Å². The van der Waals surface area contributed by atoms with E-state index in [0.29, 0.717) is 22.8 Å². The molecule has 1 aliphatic rings. The average molecular weight is 437 g/mol. The predicted molar refractivity (Wildman–Crippen MR) is 114 cm³/mol. The Hall–Kier alpha value is -3.45. The van der Waals surface area contributed by atoms with Crippen LogP contribution >= 0.6 is 11.6 Å². The third kappa shape index (κ3) is 3.51. The molecule has 3 heterocycles. The standard InChI is InChI=1S/C23H21ClN4O3/c1-4-10-27-21(29)19(20(23(27)31)26-11-8-14(2)9-12-26)18-15(3)25-28(22(18)30)17-7-5-6-16(24)13-17/h5-9,11-13H,4,10H2,1-3H3. The van der Waals surface area contributed by atoms with E-state index in [4.69, 9.17) is 11.6 Å². The molecule has 0 N–H and O–H groups in total. The Kier molecular flexibility index (Phi) is 5.37. The predicted octanol–water partition coefficient (Wildman–Crippen LogP) is 2.65. The molecule has 7 nitrogen and oxygen atoms in total. The number of amides is 2. The number of hydrogen-bond acceptors (Lipinski definition) is 4. The fraction of sp³-hybridized carbons (Fsp3) is 0.217. The summed E-state index contributed by atoms with van der Waals surface area (Å²) in [5, 5.41) is 18.2. The van der Waals surface area contributed by atoms with Crippen LogP contribution in [0.15, 0.2) is 48.8 Å². The molecule has 0 aliphatic carbocycles. The number of carbonyl (C=O) groups is 2. The summed E-state index contributed by atoms with van der Waals surface area (Å²) < 4.78 is 2.80. The first-order chi connectivity index (χ1) is 14.8. The van der Waals surface area contributed by atoms with Crippen LogP contribution in [0, 0.1) is 13.8 Å². The highest BCUT2D eigenvalue weighted by molar-refractivity contribution is 6.44. The summed E-state index contributed by atoms with van der Waals surface area (Å²) in [5.41, 5.74) is 2.21. The molecule has 8 heteroatoms. The zero-order chi connectivity index (χ0) is 22.3. The molecule has 0 atom stereocenters. The van der Waals surface area contributed by atoms with Crippen LogP contribution < -0.4 is 9.67 Å².